The second-order valence-corrected chi connectivity index (χ2v) is 6.32. The lowest BCUT2D eigenvalue weighted by atomic mass is 10.2. The fourth-order valence-corrected chi connectivity index (χ4v) is 3.33. The Morgan fingerprint density at radius 2 is 1.80 bits per heavy atom. The summed E-state index contributed by atoms with van der Waals surface area (Å²) in [5.41, 5.74) is 1.21. The predicted molar refractivity (Wildman–Crippen MR) is 92.6 cm³/mol. The standard InChI is InChI=1S/C19H19FN4O/c20-14-7-9-16(10-8-14)24-19(23-11-3-4-12-23)17(13-21-24)18(25)22-15-5-1-2-6-15/h3-4,7-13,15H,1-2,5-6H2,(H,22,25). The highest BCUT2D eigenvalue weighted by Gasteiger charge is 2.23. The molecule has 5 nitrogen and oxygen atoms in total. The lowest BCUT2D eigenvalue weighted by molar-refractivity contribution is 0.0938. The van der Waals surface area contributed by atoms with Crippen LogP contribution in [0.1, 0.15) is 36.0 Å². The van der Waals surface area contributed by atoms with Gasteiger partial charge in [0.15, 0.2) is 5.82 Å². The van der Waals surface area contributed by atoms with Crippen molar-refractivity contribution in [2.45, 2.75) is 31.7 Å². The van der Waals surface area contributed by atoms with Crippen LogP contribution in [0.15, 0.2) is 55.0 Å². The zero-order valence-corrected chi connectivity index (χ0v) is 13.7. The first-order valence-corrected chi connectivity index (χ1v) is 8.50. The Bertz CT molecular complexity index is 861. The van der Waals surface area contributed by atoms with E-state index in [1.54, 1.807) is 23.0 Å². The maximum atomic E-state index is 13.2. The Balaban J connectivity index is 1.74. The minimum atomic E-state index is -0.308. The third-order valence-corrected chi connectivity index (χ3v) is 4.60. The van der Waals surface area contributed by atoms with Crippen molar-refractivity contribution >= 4 is 5.91 Å². The number of nitrogens with one attached hydrogen (secondary N) is 1. The molecule has 3 aromatic rings. The van der Waals surface area contributed by atoms with Gasteiger partial charge in [-0.05, 0) is 49.2 Å². The summed E-state index contributed by atoms with van der Waals surface area (Å²) < 4.78 is 16.7. The van der Waals surface area contributed by atoms with Gasteiger partial charge in [-0.15, -0.1) is 0 Å². The molecule has 2 heterocycles. The van der Waals surface area contributed by atoms with E-state index in [-0.39, 0.29) is 17.8 Å². The number of amides is 1. The van der Waals surface area contributed by atoms with E-state index in [0.29, 0.717) is 17.1 Å². The molecule has 0 saturated heterocycles. The molecule has 6 heteroatoms. The average molecular weight is 338 g/mol. The van der Waals surface area contributed by atoms with E-state index in [0.717, 1.165) is 25.7 Å². The van der Waals surface area contributed by atoms with Gasteiger partial charge in [0.1, 0.15) is 11.4 Å². The van der Waals surface area contributed by atoms with Crippen molar-refractivity contribution in [3.63, 3.8) is 0 Å². The maximum Gasteiger partial charge on any atom is 0.256 e. The van der Waals surface area contributed by atoms with E-state index in [1.165, 1.54) is 12.1 Å². The minimum absolute atomic E-state index is 0.121. The van der Waals surface area contributed by atoms with Gasteiger partial charge < -0.3 is 9.88 Å². The van der Waals surface area contributed by atoms with E-state index < -0.39 is 0 Å². The van der Waals surface area contributed by atoms with Crippen LogP contribution in [0.3, 0.4) is 0 Å². The number of carbonyl (C=O) groups excluding carboxylic acids is 1. The normalized spacial score (nSPS) is 14.8. The quantitative estimate of drug-likeness (QED) is 0.792. The molecule has 1 amide bonds. The van der Waals surface area contributed by atoms with Gasteiger partial charge in [-0.2, -0.15) is 5.10 Å². The van der Waals surface area contributed by atoms with Crippen LogP contribution in [-0.2, 0) is 0 Å². The molecule has 1 aliphatic rings. The van der Waals surface area contributed by atoms with Gasteiger partial charge in [-0.25, -0.2) is 9.07 Å². The number of hydrogen-bond acceptors (Lipinski definition) is 2. The summed E-state index contributed by atoms with van der Waals surface area (Å²) in [6, 6.07) is 10.1. The van der Waals surface area contributed by atoms with Crippen LogP contribution >= 0.6 is 0 Å². The zero-order valence-electron chi connectivity index (χ0n) is 13.7. The number of nitrogens with zero attached hydrogens (tertiary/aromatic N) is 3. The summed E-state index contributed by atoms with van der Waals surface area (Å²) in [4.78, 5) is 12.8. The molecule has 0 spiro atoms. The molecule has 25 heavy (non-hydrogen) atoms. The monoisotopic (exact) mass is 338 g/mol. The molecule has 1 aliphatic carbocycles. The lowest BCUT2D eigenvalue weighted by Crippen LogP contribution is -2.33. The summed E-state index contributed by atoms with van der Waals surface area (Å²) in [6.45, 7) is 0. The van der Waals surface area contributed by atoms with Gasteiger partial charge in [0.25, 0.3) is 5.91 Å². The SMILES string of the molecule is O=C(NC1CCCC1)c1cnn(-c2ccc(F)cc2)c1-n1cccc1. The van der Waals surface area contributed by atoms with Crippen molar-refractivity contribution in [1.82, 2.24) is 19.7 Å². The van der Waals surface area contributed by atoms with E-state index in [1.807, 2.05) is 29.1 Å². The molecule has 0 bridgehead atoms. The summed E-state index contributed by atoms with van der Waals surface area (Å²) in [5, 5.41) is 7.49. The average Bonchev–Trinajstić information content (AvgIpc) is 3.36. The third-order valence-electron chi connectivity index (χ3n) is 4.60. The van der Waals surface area contributed by atoms with Crippen LogP contribution in [0.5, 0.6) is 0 Å². The fourth-order valence-electron chi connectivity index (χ4n) is 3.33. The Labute approximate surface area is 145 Å². The van der Waals surface area contributed by atoms with E-state index >= 15 is 0 Å². The molecular formula is C19H19FN4O. The van der Waals surface area contributed by atoms with E-state index in [9.17, 15) is 9.18 Å². The van der Waals surface area contributed by atoms with Crippen molar-refractivity contribution in [2.75, 3.05) is 0 Å². The van der Waals surface area contributed by atoms with Crippen LogP contribution in [0, 0.1) is 5.82 Å². The predicted octanol–water partition coefficient (Wildman–Crippen LogP) is 3.47. The van der Waals surface area contributed by atoms with Crippen LogP contribution in [-0.4, -0.2) is 26.3 Å². The second-order valence-electron chi connectivity index (χ2n) is 6.32. The molecule has 0 atom stereocenters. The van der Waals surface area contributed by atoms with Crippen LogP contribution in [0.4, 0.5) is 4.39 Å². The Kier molecular flexibility index (Phi) is 4.09. The van der Waals surface area contributed by atoms with Gasteiger partial charge in [0.05, 0.1) is 11.9 Å². The Hall–Kier alpha value is -2.89. The number of rotatable bonds is 4. The Morgan fingerprint density at radius 1 is 1.12 bits per heavy atom. The molecule has 0 radical (unpaired) electrons. The summed E-state index contributed by atoms with van der Waals surface area (Å²) in [5.74, 6) is 0.216. The topological polar surface area (TPSA) is 51.9 Å². The summed E-state index contributed by atoms with van der Waals surface area (Å²) in [7, 11) is 0. The Morgan fingerprint density at radius 3 is 2.48 bits per heavy atom. The van der Waals surface area contributed by atoms with Crippen LogP contribution in [0.2, 0.25) is 0 Å². The molecule has 1 saturated carbocycles. The van der Waals surface area contributed by atoms with Crippen LogP contribution in [0.25, 0.3) is 11.5 Å². The highest BCUT2D eigenvalue weighted by molar-refractivity contribution is 5.97. The molecule has 1 fully saturated rings. The lowest BCUT2D eigenvalue weighted by Gasteiger charge is -2.14. The van der Waals surface area contributed by atoms with Gasteiger partial charge in [0, 0.05) is 18.4 Å². The number of benzene rings is 1. The summed E-state index contributed by atoms with van der Waals surface area (Å²) >= 11 is 0. The molecular weight excluding hydrogens is 319 g/mol. The number of carbonyl (C=O) groups is 1. The van der Waals surface area contributed by atoms with Gasteiger partial charge >= 0.3 is 0 Å². The highest BCUT2D eigenvalue weighted by Crippen LogP contribution is 2.22. The first-order valence-electron chi connectivity index (χ1n) is 8.50. The minimum Gasteiger partial charge on any atom is -0.349 e. The zero-order chi connectivity index (χ0) is 17.2. The van der Waals surface area contributed by atoms with Gasteiger partial charge in [-0.3, -0.25) is 4.79 Å². The first kappa shape index (κ1) is 15.6. The molecule has 128 valence electrons. The van der Waals surface area contributed by atoms with Crippen LogP contribution < -0.4 is 5.32 Å². The van der Waals surface area contributed by atoms with Crippen molar-refractivity contribution in [2.24, 2.45) is 0 Å². The highest BCUT2D eigenvalue weighted by atomic mass is 19.1. The third kappa shape index (κ3) is 3.07. The number of hydrogen-bond donors (Lipinski definition) is 1. The molecule has 0 unspecified atom stereocenters. The molecule has 0 aliphatic heterocycles. The van der Waals surface area contributed by atoms with Crippen molar-refractivity contribution in [3.05, 3.63) is 66.4 Å². The maximum absolute atomic E-state index is 13.2. The second kappa shape index (κ2) is 6.55. The van der Waals surface area contributed by atoms with Crippen molar-refractivity contribution < 1.29 is 9.18 Å². The van der Waals surface area contributed by atoms with E-state index in [2.05, 4.69) is 10.4 Å². The fraction of sp³-hybridized carbons (Fsp3) is 0.263. The van der Waals surface area contributed by atoms with Crippen molar-refractivity contribution in [3.8, 4) is 11.5 Å². The number of halogens is 1. The van der Waals surface area contributed by atoms with Crippen molar-refractivity contribution in [1.29, 1.82) is 0 Å². The molecule has 1 aromatic carbocycles. The number of aromatic nitrogens is 3. The molecule has 2 aromatic heterocycles. The van der Waals surface area contributed by atoms with E-state index in [4.69, 9.17) is 0 Å². The largest absolute Gasteiger partial charge is 0.349 e. The summed E-state index contributed by atoms with van der Waals surface area (Å²) in [6.07, 6.45) is 9.66. The smallest absolute Gasteiger partial charge is 0.256 e. The van der Waals surface area contributed by atoms with Gasteiger partial charge in [-0.1, -0.05) is 12.8 Å². The van der Waals surface area contributed by atoms with Gasteiger partial charge in [0.2, 0.25) is 0 Å². The molecule has 4 rings (SSSR count). The molecule has 1 N–H and O–H groups in total. The first-order chi connectivity index (χ1) is 12.2.